The largest absolute Gasteiger partial charge is 0.416 e. The fourth-order valence-corrected chi connectivity index (χ4v) is 2.57. The quantitative estimate of drug-likeness (QED) is 0.871. The second-order valence-electron chi connectivity index (χ2n) is 4.78. The predicted octanol–water partition coefficient (Wildman–Crippen LogP) is 3.46. The van der Waals surface area contributed by atoms with Crippen LogP contribution >= 0.6 is 23.7 Å². The van der Waals surface area contributed by atoms with Crippen molar-refractivity contribution in [2.75, 3.05) is 5.32 Å². The Morgan fingerprint density at radius 1 is 1.43 bits per heavy atom. The molecule has 126 valence electrons. The maximum Gasteiger partial charge on any atom is 0.416 e. The first-order valence-electron chi connectivity index (χ1n) is 6.43. The van der Waals surface area contributed by atoms with Gasteiger partial charge < -0.3 is 11.1 Å². The highest BCUT2D eigenvalue weighted by Crippen LogP contribution is 2.30. The minimum Gasteiger partial charge on any atom is -0.320 e. The SMILES string of the molecule is C[C@@H](N)C(=O)Nc1ncc(Cc2cccc(C(F)(F)F)c2)s1.Cl. The molecule has 9 heteroatoms. The molecule has 0 unspecified atom stereocenters. The molecule has 1 amide bonds. The summed E-state index contributed by atoms with van der Waals surface area (Å²) in [6.45, 7) is 1.55. The lowest BCUT2D eigenvalue weighted by molar-refractivity contribution is -0.137. The highest BCUT2D eigenvalue weighted by Gasteiger charge is 2.30. The third-order valence-corrected chi connectivity index (χ3v) is 3.74. The van der Waals surface area contributed by atoms with Gasteiger partial charge in [0.1, 0.15) is 0 Å². The van der Waals surface area contributed by atoms with Gasteiger partial charge in [-0.05, 0) is 18.6 Å². The van der Waals surface area contributed by atoms with E-state index in [9.17, 15) is 18.0 Å². The lowest BCUT2D eigenvalue weighted by Crippen LogP contribution is -2.32. The predicted molar refractivity (Wildman–Crippen MR) is 85.9 cm³/mol. The molecule has 1 aromatic heterocycles. The van der Waals surface area contributed by atoms with E-state index in [4.69, 9.17) is 5.73 Å². The average Bonchev–Trinajstić information content (AvgIpc) is 2.85. The van der Waals surface area contributed by atoms with Gasteiger partial charge in [0, 0.05) is 17.5 Å². The first kappa shape index (κ1) is 19.4. The summed E-state index contributed by atoms with van der Waals surface area (Å²) in [5.41, 5.74) is 5.28. The summed E-state index contributed by atoms with van der Waals surface area (Å²) >= 11 is 1.21. The molecule has 1 aromatic carbocycles. The summed E-state index contributed by atoms with van der Waals surface area (Å²) in [4.78, 5) is 16.2. The molecule has 2 aromatic rings. The van der Waals surface area contributed by atoms with Gasteiger partial charge in [0.25, 0.3) is 0 Å². The van der Waals surface area contributed by atoms with E-state index in [1.54, 1.807) is 13.0 Å². The maximum absolute atomic E-state index is 12.7. The summed E-state index contributed by atoms with van der Waals surface area (Å²) in [7, 11) is 0. The molecule has 0 aliphatic heterocycles. The van der Waals surface area contributed by atoms with E-state index in [1.165, 1.54) is 23.6 Å². The summed E-state index contributed by atoms with van der Waals surface area (Å²) in [6, 6.07) is 4.48. The van der Waals surface area contributed by atoms with E-state index in [-0.39, 0.29) is 18.3 Å². The first-order chi connectivity index (χ1) is 10.3. The number of nitrogens with one attached hydrogen (secondary N) is 1. The number of halogens is 4. The molecule has 3 N–H and O–H groups in total. The highest BCUT2D eigenvalue weighted by atomic mass is 35.5. The fraction of sp³-hybridized carbons (Fsp3) is 0.286. The van der Waals surface area contributed by atoms with Crippen molar-refractivity contribution in [3.63, 3.8) is 0 Å². The zero-order chi connectivity index (χ0) is 16.3. The number of hydrogen-bond acceptors (Lipinski definition) is 4. The molecule has 0 spiro atoms. The lowest BCUT2D eigenvalue weighted by Gasteiger charge is -2.07. The Kier molecular flexibility index (Phi) is 6.55. The minimum absolute atomic E-state index is 0. The van der Waals surface area contributed by atoms with Crippen LogP contribution in [0.25, 0.3) is 0 Å². The van der Waals surface area contributed by atoms with Crippen LogP contribution in [0.5, 0.6) is 0 Å². The topological polar surface area (TPSA) is 68.0 Å². The van der Waals surface area contributed by atoms with Crippen LogP contribution in [0.2, 0.25) is 0 Å². The van der Waals surface area contributed by atoms with E-state index in [0.717, 1.165) is 17.0 Å². The Balaban J connectivity index is 0.00000264. The molecule has 0 fully saturated rings. The zero-order valence-corrected chi connectivity index (χ0v) is 13.7. The number of nitrogens with two attached hydrogens (primary N) is 1. The Morgan fingerprint density at radius 3 is 2.74 bits per heavy atom. The normalized spacial score (nSPS) is 12.4. The van der Waals surface area contributed by atoms with E-state index in [0.29, 0.717) is 17.1 Å². The molecule has 1 heterocycles. The van der Waals surface area contributed by atoms with Crippen molar-refractivity contribution in [3.8, 4) is 0 Å². The van der Waals surface area contributed by atoms with Crippen molar-refractivity contribution in [3.05, 3.63) is 46.5 Å². The van der Waals surface area contributed by atoms with Crippen LogP contribution in [0.4, 0.5) is 18.3 Å². The maximum atomic E-state index is 12.7. The van der Waals surface area contributed by atoms with Gasteiger partial charge in [0.2, 0.25) is 5.91 Å². The number of thiazole rings is 1. The van der Waals surface area contributed by atoms with E-state index in [1.807, 2.05) is 0 Å². The van der Waals surface area contributed by atoms with Crippen molar-refractivity contribution >= 4 is 34.8 Å². The van der Waals surface area contributed by atoms with Crippen molar-refractivity contribution in [2.24, 2.45) is 5.73 Å². The molecule has 4 nitrogen and oxygen atoms in total. The van der Waals surface area contributed by atoms with Crippen LogP contribution in [0, 0.1) is 0 Å². The summed E-state index contributed by atoms with van der Waals surface area (Å²) < 4.78 is 38.0. The van der Waals surface area contributed by atoms with Crippen molar-refractivity contribution in [1.29, 1.82) is 0 Å². The Morgan fingerprint density at radius 2 is 2.13 bits per heavy atom. The molecule has 2 rings (SSSR count). The standard InChI is InChI=1S/C14H14F3N3OS.ClH/c1-8(18)12(21)20-13-19-7-11(22-13)6-9-3-2-4-10(5-9)14(15,16)17;/h2-5,7-8H,6,18H2,1H3,(H,19,20,21);1H/t8-;/m1./s1. The Hall–Kier alpha value is -1.64. The number of nitrogens with zero attached hydrogens (tertiary/aromatic N) is 1. The summed E-state index contributed by atoms with van der Waals surface area (Å²) in [6.07, 6.45) is -2.52. The van der Waals surface area contributed by atoms with Crippen LogP contribution in [0.1, 0.15) is 22.9 Å². The molecule has 0 saturated heterocycles. The van der Waals surface area contributed by atoms with Crippen LogP contribution in [0.15, 0.2) is 30.5 Å². The monoisotopic (exact) mass is 365 g/mol. The number of benzene rings is 1. The molecule has 0 bridgehead atoms. The zero-order valence-electron chi connectivity index (χ0n) is 12.1. The molecule has 23 heavy (non-hydrogen) atoms. The molecule has 0 aliphatic rings. The number of aromatic nitrogens is 1. The van der Waals surface area contributed by atoms with Crippen molar-refractivity contribution in [1.82, 2.24) is 4.98 Å². The van der Waals surface area contributed by atoms with Gasteiger partial charge in [-0.15, -0.1) is 23.7 Å². The molecule has 1 atom stereocenters. The second kappa shape index (κ2) is 7.76. The number of rotatable bonds is 4. The molecule has 0 radical (unpaired) electrons. The summed E-state index contributed by atoms with van der Waals surface area (Å²) in [5.74, 6) is -0.361. The number of carbonyl (C=O) groups is 1. The third kappa shape index (κ3) is 5.49. The molecular weight excluding hydrogens is 351 g/mol. The minimum atomic E-state index is -4.36. The van der Waals surface area contributed by atoms with Gasteiger partial charge in [0.15, 0.2) is 5.13 Å². The number of anilines is 1. The Bertz CT molecular complexity index is 673. The van der Waals surface area contributed by atoms with Gasteiger partial charge in [0.05, 0.1) is 11.6 Å². The van der Waals surface area contributed by atoms with Crippen LogP contribution < -0.4 is 11.1 Å². The Labute approximate surface area is 141 Å². The number of alkyl halides is 3. The van der Waals surface area contributed by atoms with Gasteiger partial charge in [-0.1, -0.05) is 18.2 Å². The molecular formula is C14H15ClF3N3OS. The van der Waals surface area contributed by atoms with E-state index in [2.05, 4.69) is 10.3 Å². The van der Waals surface area contributed by atoms with Crippen LogP contribution in [0.3, 0.4) is 0 Å². The average molecular weight is 366 g/mol. The van der Waals surface area contributed by atoms with Crippen molar-refractivity contribution < 1.29 is 18.0 Å². The van der Waals surface area contributed by atoms with Crippen LogP contribution in [-0.4, -0.2) is 16.9 Å². The van der Waals surface area contributed by atoms with Gasteiger partial charge in [-0.3, -0.25) is 4.79 Å². The smallest absolute Gasteiger partial charge is 0.320 e. The summed E-state index contributed by atoms with van der Waals surface area (Å²) in [5, 5.41) is 2.93. The van der Waals surface area contributed by atoms with Crippen LogP contribution in [-0.2, 0) is 17.4 Å². The second-order valence-corrected chi connectivity index (χ2v) is 5.90. The lowest BCUT2D eigenvalue weighted by atomic mass is 10.1. The highest BCUT2D eigenvalue weighted by molar-refractivity contribution is 7.15. The first-order valence-corrected chi connectivity index (χ1v) is 7.24. The van der Waals surface area contributed by atoms with E-state index >= 15 is 0 Å². The molecule has 0 saturated carbocycles. The number of amides is 1. The van der Waals surface area contributed by atoms with Gasteiger partial charge >= 0.3 is 6.18 Å². The van der Waals surface area contributed by atoms with Crippen molar-refractivity contribution in [2.45, 2.75) is 25.6 Å². The van der Waals surface area contributed by atoms with Gasteiger partial charge in [-0.2, -0.15) is 13.2 Å². The van der Waals surface area contributed by atoms with Gasteiger partial charge in [-0.25, -0.2) is 4.98 Å². The molecule has 0 aliphatic carbocycles. The third-order valence-electron chi connectivity index (χ3n) is 2.83. The fourth-order valence-electron chi connectivity index (χ4n) is 1.73. The van der Waals surface area contributed by atoms with E-state index < -0.39 is 17.8 Å². The number of carbonyl (C=O) groups excluding carboxylic acids is 1. The number of hydrogen-bond donors (Lipinski definition) is 2.